The maximum Gasteiger partial charge on any atom is 0.222 e. The zero-order valence-electron chi connectivity index (χ0n) is 16.9. The molecule has 0 atom stereocenters. The van der Waals surface area contributed by atoms with Crippen LogP contribution in [-0.2, 0) is 0 Å². The molecule has 0 radical (unpaired) electrons. The Labute approximate surface area is 172 Å². The summed E-state index contributed by atoms with van der Waals surface area (Å²) in [5.74, 6) is 2.02. The first kappa shape index (κ1) is 19.0. The Hall–Kier alpha value is -4.30. The minimum absolute atomic E-state index is 0.364. The van der Waals surface area contributed by atoms with Crippen molar-refractivity contribution in [3.05, 3.63) is 58.4 Å². The van der Waals surface area contributed by atoms with Gasteiger partial charge in [-0.25, -0.2) is 4.98 Å². The van der Waals surface area contributed by atoms with Crippen molar-refractivity contribution in [2.24, 2.45) is 0 Å². The number of aryl methyl sites for hydroxylation is 2. The van der Waals surface area contributed by atoms with E-state index in [1.165, 1.54) is 0 Å². The number of aromatic nitrogens is 4. The predicted octanol–water partition coefficient (Wildman–Crippen LogP) is 4.21. The molecule has 0 unspecified atom stereocenters. The average molecular weight is 398 g/mol. The molecule has 0 aromatic carbocycles. The molecule has 0 aliphatic carbocycles. The Morgan fingerprint density at radius 2 is 2.00 bits per heavy atom. The molecular weight excluding hydrogens is 380 g/mol. The highest BCUT2D eigenvalue weighted by Gasteiger charge is 2.18. The summed E-state index contributed by atoms with van der Waals surface area (Å²) in [4.78, 5) is 11.9. The summed E-state index contributed by atoms with van der Waals surface area (Å²) in [5, 5.41) is 19.2. The minimum atomic E-state index is 0.364. The number of H-pyrrole nitrogens is 1. The Balaban J connectivity index is 1.81. The highest BCUT2D eigenvalue weighted by Crippen LogP contribution is 2.28. The SMILES string of the molecule is COc1ccc2nc(/C(C#N)=C/c3cc(C)n(-c4oc(C)cc4C#N)c3C)[nH]c2n1. The van der Waals surface area contributed by atoms with Gasteiger partial charge in [0.2, 0.25) is 11.8 Å². The summed E-state index contributed by atoms with van der Waals surface area (Å²) >= 11 is 0. The molecule has 4 aromatic rings. The number of furan rings is 1. The first-order chi connectivity index (χ1) is 14.4. The first-order valence-electron chi connectivity index (χ1n) is 9.18. The maximum absolute atomic E-state index is 9.74. The van der Waals surface area contributed by atoms with Crippen molar-refractivity contribution >= 4 is 22.8 Å². The number of nitriles is 2. The van der Waals surface area contributed by atoms with E-state index in [1.54, 1.807) is 38.3 Å². The number of pyridine rings is 1. The number of rotatable bonds is 4. The third-order valence-electron chi connectivity index (χ3n) is 4.83. The van der Waals surface area contributed by atoms with Crippen molar-refractivity contribution in [2.75, 3.05) is 7.11 Å². The number of imidazole rings is 1. The van der Waals surface area contributed by atoms with Crippen molar-refractivity contribution in [3.8, 4) is 23.9 Å². The average Bonchev–Trinajstić information content (AvgIpc) is 3.40. The highest BCUT2D eigenvalue weighted by atomic mass is 16.5. The van der Waals surface area contributed by atoms with Gasteiger partial charge in [-0.1, -0.05) is 0 Å². The van der Waals surface area contributed by atoms with E-state index >= 15 is 0 Å². The van der Waals surface area contributed by atoms with Gasteiger partial charge in [0.1, 0.15) is 34.8 Å². The largest absolute Gasteiger partial charge is 0.481 e. The second-order valence-electron chi connectivity index (χ2n) is 6.83. The van der Waals surface area contributed by atoms with Crippen LogP contribution >= 0.6 is 0 Å². The monoisotopic (exact) mass is 398 g/mol. The smallest absolute Gasteiger partial charge is 0.222 e. The van der Waals surface area contributed by atoms with Crippen LogP contribution in [0.15, 0.2) is 28.7 Å². The Bertz CT molecular complexity index is 1390. The molecule has 0 aliphatic rings. The number of allylic oxidation sites excluding steroid dienone is 1. The summed E-state index contributed by atoms with van der Waals surface area (Å²) in [5.41, 5.74) is 4.57. The van der Waals surface area contributed by atoms with E-state index < -0.39 is 0 Å². The van der Waals surface area contributed by atoms with Crippen LogP contribution in [0.3, 0.4) is 0 Å². The fourth-order valence-corrected chi connectivity index (χ4v) is 3.42. The summed E-state index contributed by atoms with van der Waals surface area (Å²) in [6.45, 7) is 5.64. The van der Waals surface area contributed by atoms with Crippen LogP contribution in [0.25, 0.3) is 28.7 Å². The summed E-state index contributed by atoms with van der Waals surface area (Å²) < 4.78 is 12.8. The maximum atomic E-state index is 9.74. The van der Waals surface area contributed by atoms with E-state index in [1.807, 2.05) is 24.5 Å². The van der Waals surface area contributed by atoms with Gasteiger partial charge in [-0.05, 0) is 50.6 Å². The molecule has 8 nitrogen and oxygen atoms in total. The number of hydrogen-bond donors (Lipinski definition) is 1. The lowest BCUT2D eigenvalue weighted by molar-refractivity contribution is 0.399. The Morgan fingerprint density at radius 1 is 1.20 bits per heavy atom. The molecular formula is C22H18N6O2. The van der Waals surface area contributed by atoms with E-state index in [-0.39, 0.29) is 0 Å². The van der Waals surface area contributed by atoms with E-state index in [0.29, 0.717) is 45.6 Å². The van der Waals surface area contributed by atoms with E-state index in [2.05, 4.69) is 27.1 Å². The zero-order valence-corrected chi connectivity index (χ0v) is 16.9. The molecule has 0 spiro atoms. The van der Waals surface area contributed by atoms with Crippen LogP contribution in [-0.4, -0.2) is 26.6 Å². The molecule has 0 saturated carbocycles. The number of aromatic amines is 1. The molecule has 0 fully saturated rings. The lowest BCUT2D eigenvalue weighted by Gasteiger charge is -2.06. The third-order valence-corrected chi connectivity index (χ3v) is 4.83. The van der Waals surface area contributed by atoms with E-state index in [0.717, 1.165) is 17.0 Å². The van der Waals surface area contributed by atoms with Gasteiger partial charge >= 0.3 is 0 Å². The molecule has 8 heteroatoms. The van der Waals surface area contributed by atoms with Gasteiger partial charge in [-0.3, -0.25) is 4.57 Å². The molecule has 148 valence electrons. The van der Waals surface area contributed by atoms with E-state index in [9.17, 15) is 10.5 Å². The zero-order chi connectivity index (χ0) is 21.4. The van der Waals surface area contributed by atoms with Crippen molar-refractivity contribution < 1.29 is 9.15 Å². The number of hydrogen-bond acceptors (Lipinski definition) is 6. The van der Waals surface area contributed by atoms with Crippen molar-refractivity contribution in [1.82, 2.24) is 19.5 Å². The van der Waals surface area contributed by atoms with Crippen LogP contribution in [0.5, 0.6) is 5.88 Å². The normalized spacial score (nSPS) is 11.5. The fraction of sp³-hybridized carbons (Fsp3) is 0.182. The topological polar surface area (TPSA) is 116 Å². The van der Waals surface area contributed by atoms with Gasteiger partial charge in [0.25, 0.3) is 0 Å². The number of ether oxygens (including phenoxy) is 1. The number of fused-ring (bicyclic) bond motifs is 1. The van der Waals surface area contributed by atoms with Crippen molar-refractivity contribution in [3.63, 3.8) is 0 Å². The lowest BCUT2D eigenvalue weighted by Crippen LogP contribution is -1.99. The fourth-order valence-electron chi connectivity index (χ4n) is 3.42. The molecule has 0 aliphatic heterocycles. The standard InChI is InChI=1S/C22H18N6O2/c1-12-7-15(14(3)28(12)22-17(11-24)8-13(2)30-22)9-16(10-23)20-25-18-5-6-19(29-4)26-21(18)27-20/h5-9H,1-4H3,(H,25,26,27)/b16-9+. The quantitative estimate of drug-likeness (QED) is 0.515. The number of nitrogens with zero attached hydrogens (tertiary/aromatic N) is 5. The van der Waals surface area contributed by atoms with Crippen LogP contribution in [0.2, 0.25) is 0 Å². The molecule has 0 saturated heterocycles. The molecule has 4 heterocycles. The summed E-state index contributed by atoms with van der Waals surface area (Å²) in [7, 11) is 1.54. The lowest BCUT2D eigenvalue weighted by atomic mass is 10.1. The minimum Gasteiger partial charge on any atom is -0.481 e. The van der Waals surface area contributed by atoms with Crippen LogP contribution in [0.4, 0.5) is 0 Å². The summed E-state index contributed by atoms with van der Waals surface area (Å²) in [6.07, 6.45) is 1.76. The molecule has 4 aromatic heterocycles. The van der Waals surface area contributed by atoms with Gasteiger partial charge in [0, 0.05) is 17.5 Å². The Morgan fingerprint density at radius 3 is 2.70 bits per heavy atom. The molecule has 1 N–H and O–H groups in total. The molecule has 4 rings (SSSR count). The molecule has 0 bridgehead atoms. The van der Waals surface area contributed by atoms with Gasteiger partial charge in [0.05, 0.1) is 12.7 Å². The van der Waals surface area contributed by atoms with Crippen molar-refractivity contribution in [2.45, 2.75) is 20.8 Å². The third kappa shape index (κ3) is 3.11. The van der Waals surface area contributed by atoms with Gasteiger partial charge in [-0.2, -0.15) is 15.5 Å². The van der Waals surface area contributed by atoms with E-state index in [4.69, 9.17) is 9.15 Å². The predicted molar refractivity (Wildman–Crippen MR) is 111 cm³/mol. The van der Waals surface area contributed by atoms with Crippen LogP contribution < -0.4 is 4.74 Å². The summed E-state index contributed by atoms with van der Waals surface area (Å²) in [6, 6.07) is 11.5. The van der Waals surface area contributed by atoms with Gasteiger partial charge < -0.3 is 14.1 Å². The van der Waals surface area contributed by atoms with Gasteiger partial charge in [0.15, 0.2) is 5.65 Å². The molecule has 0 amide bonds. The number of nitrogens with one attached hydrogen (secondary N) is 1. The number of methoxy groups -OCH3 is 1. The Kier molecular flexibility index (Phi) is 4.61. The van der Waals surface area contributed by atoms with Crippen molar-refractivity contribution in [1.29, 1.82) is 10.5 Å². The second-order valence-corrected chi connectivity index (χ2v) is 6.83. The second kappa shape index (κ2) is 7.26. The first-order valence-corrected chi connectivity index (χ1v) is 9.18. The van der Waals surface area contributed by atoms with Crippen LogP contribution in [0.1, 0.15) is 34.1 Å². The van der Waals surface area contributed by atoms with Gasteiger partial charge in [-0.15, -0.1) is 0 Å². The highest BCUT2D eigenvalue weighted by molar-refractivity contribution is 5.90. The van der Waals surface area contributed by atoms with Crippen LogP contribution in [0, 0.1) is 43.4 Å². The molecule has 30 heavy (non-hydrogen) atoms.